The average molecular weight is 254 g/mol. The lowest BCUT2D eigenvalue weighted by molar-refractivity contribution is -0.143. The van der Waals surface area contributed by atoms with Crippen LogP contribution < -0.4 is 0 Å². The molecule has 0 fully saturated rings. The number of esters is 1. The molecule has 0 aromatic carbocycles. The second kappa shape index (κ2) is 10.2. The van der Waals surface area contributed by atoms with Crippen LogP contribution in [0, 0.1) is 5.41 Å². The average Bonchev–Trinajstić information content (AvgIpc) is 2.29. The van der Waals surface area contributed by atoms with E-state index in [1.165, 1.54) is 25.7 Å². The Hall–Kier alpha value is -0.790. The van der Waals surface area contributed by atoms with E-state index in [1.807, 2.05) is 6.08 Å². The summed E-state index contributed by atoms with van der Waals surface area (Å²) in [5.41, 5.74) is 0.203. The third-order valence-electron chi connectivity index (χ3n) is 2.81. The van der Waals surface area contributed by atoms with E-state index < -0.39 is 0 Å². The smallest absolute Gasteiger partial charge is 0.306 e. The number of rotatable bonds is 9. The number of carbonyl (C=O) groups is 1. The van der Waals surface area contributed by atoms with Crippen LogP contribution in [-0.4, -0.2) is 12.6 Å². The van der Waals surface area contributed by atoms with Crippen molar-refractivity contribution in [1.82, 2.24) is 0 Å². The first kappa shape index (κ1) is 17.2. The lowest BCUT2D eigenvalue weighted by Gasteiger charge is -2.16. The Balaban J connectivity index is 3.42. The standard InChI is InChI=1S/C16H30O2/c1-5-6-7-8-9-10-11-14-18-15(17)12-13-16(2,3)4/h10-11H,5-9,12-14H2,1-4H3/b11-10-. The van der Waals surface area contributed by atoms with Crippen LogP contribution in [0.5, 0.6) is 0 Å². The number of hydrogen-bond acceptors (Lipinski definition) is 2. The van der Waals surface area contributed by atoms with Gasteiger partial charge in [-0.2, -0.15) is 0 Å². The largest absolute Gasteiger partial charge is 0.461 e. The highest BCUT2D eigenvalue weighted by atomic mass is 16.5. The fourth-order valence-corrected chi connectivity index (χ4v) is 1.57. The van der Waals surface area contributed by atoms with Gasteiger partial charge in [0.05, 0.1) is 0 Å². The molecule has 106 valence electrons. The van der Waals surface area contributed by atoms with Crippen molar-refractivity contribution in [3.63, 3.8) is 0 Å². The summed E-state index contributed by atoms with van der Waals surface area (Å²) in [6, 6.07) is 0. The van der Waals surface area contributed by atoms with Crippen molar-refractivity contribution in [3.8, 4) is 0 Å². The molecule has 0 N–H and O–H groups in total. The Morgan fingerprint density at radius 2 is 1.83 bits per heavy atom. The maximum Gasteiger partial charge on any atom is 0.306 e. The maximum absolute atomic E-state index is 11.4. The fourth-order valence-electron chi connectivity index (χ4n) is 1.57. The number of unbranched alkanes of at least 4 members (excludes halogenated alkanes) is 4. The second-order valence-electron chi connectivity index (χ2n) is 6.06. The summed E-state index contributed by atoms with van der Waals surface area (Å²) in [6.07, 6.45) is 11.7. The van der Waals surface area contributed by atoms with Gasteiger partial charge in [-0.3, -0.25) is 4.79 Å². The maximum atomic E-state index is 11.4. The minimum atomic E-state index is -0.0828. The van der Waals surface area contributed by atoms with E-state index in [9.17, 15) is 4.79 Å². The first-order valence-electron chi connectivity index (χ1n) is 7.26. The predicted molar refractivity (Wildman–Crippen MR) is 77.5 cm³/mol. The lowest BCUT2D eigenvalue weighted by Crippen LogP contribution is -2.11. The van der Waals surface area contributed by atoms with Gasteiger partial charge < -0.3 is 4.74 Å². The third-order valence-corrected chi connectivity index (χ3v) is 2.81. The zero-order valence-corrected chi connectivity index (χ0v) is 12.6. The van der Waals surface area contributed by atoms with Gasteiger partial charge in [0, 0.05) is 6.42 Å². The highest BCUT2D eigenvalue weighted by Crippen LogP contribution is 2.20. The molecule has 0 radical (unpaired) electrons. The molecule has 2 heteroatoms. The molecule has 0 spiro atoms. The van der Waals surface area contributed by atoms with Crippen LogP contribution in [0.4, 0.5) is 0 Å². The van der Waals surface area contributed by atoms with Crippen LogP contribution in [0.3, 0.4) is 0 Å². The van der Waals surface area contributed by atoms with E-state index in [4.69, 9.17) is 4.74 Å². The summed E-state index contributed by atoms with van der Waals surface area (Å²) < 4.78 is 5.14. The highest BCUT2D eigenvalue weighted by Gasteiger charge is 2.13. The van der Waals surface area contributed by atoms with Gasteiger partial charge in [-0.05, 0) is 24.7 Å². The Bertz CT molecular complexity index is 236. The van der Waals surface area contributed by atoms with Crippen LogP contribution in [-0.2, 0) is 9.53 Å². The van der Waals surface area contributed by atoms with Crippen LogP contribution >= 0.6 is 0 Å². The van der Waals surface area contributed by atoms with Crippen molar-refractivity contribution in [1.29, 1.82) is 0 Å². The molecule has 0 rings (SSSR count). The molecule has 0 heterocycles. The zero-order chi connectivity index (χ0) is 13.9. The van der Waals surface area contributed by atoms with E-state index in [-0.39, 0.29) is 11.4 Å². The molecule has 0 amide bonds. The molecule has 2 nitrogen and oxygen atoms in total. The van der Waals surface area contributed by atoms with Crippen molar-refractivity contribution < 1.29 is 9.53 Å². The Kier molecular flexibility index (Phi) is 9.72. The van der Waals surface area contributed by atoms with E-state index in [1.54, 1.807) is 0 Å². The van der Waals surface area contributed by atoms with Crippen LogP contribution in [0.15, 0.2) is 12.2 Å². The SMILES string of the molecule is CCCCCC/C=C\COC(=O)CCC(C)(C)C. The molecule has 18 heavy (non-hydrogen) atoms. The van der Waals surface area contributed by atoms with Gasteiger partial charge in [-0.1, -0.05) is 59.1 Å². The molecule has 0 aliphatic heterocycles. The topological polar surface area (TPSA) is 26.3 Å². The van der Waals surface area contributed by atoms with Crippen molar-refractivity contribution >= 4 is 5.97 Å². The second-order valence-corrected chi connectivity index (χ2v) is 6.06. The van der Waals surface area contributed by atoms with E-state index in [0.29, 0.717) is 13.0 Å². The summed E-state index contributed by atoms with van der Waals surface area (Å²) >= 11 is 0. The molecule has 0 atom stereocenters. The summed E-state index contributed by atoms with van der Waals surface area (Å²) in [5.74, 6) is -0.0828. The first-order valence-corrected chi connectivity index (χ1v) is 7.26. The van der Waals surface area contributed by atoms with Gasteiger partial charge in [0.15, 0.2) is 0 Å². The minimum Gasteiger partial charge on any atom is -0.461 e. The van der Waals surface area contributed by atoms with Gasteiger partial charge in [-0.15, -0.1) is 0 Å². The van der Waals surface area contributed by atoms with Crippen molar-refractivity contribution in [2.24, 2.45) is 5.41 Å². The number of ether oxygens (including phenoxy) is 1. The Labute approximate surface area is 113 Å². The third kappa shape index (κ3) is 13.3. The fraction of sp³-hybridized carbons (Fsp3) is 0.812. The molecule has 0 unspecified atom stereocenters. The van der Waals surface area contributed by atoms with Crippen LogP contribution in [0.1, 0.15) is 72.6 Å². The van der Waals surface area contributed by atoms with Gasteiger partial charge in [0.1, 0.15) is 6.61 Å². The normalized spacial score (nSPS) is 12.0. The van der Waals surface area contributed by atoms with Crippen molar-refractivity contribution in [3.05, 3.63) is 12.2 Å². The first-order chi connectivity index (χ1) is 8.45. The van der Waals surface area contributed by atoms with E-state index in [2.05, 4.69) is 33.8 Å². The van der Waals surface area contributed by atoms with Gasteiger partial charge in [0.25, 0.3) is 0 Å². The monoisotopic (exact) mass is 254 g/mol. The number of carbonyl (C=O) groups excluding carboxylic acids is 1. The zero-order valence-electron chi connectivity index (χ0n) is 12.6. The van der Waals surface area contributed by atoms with Gasteiger partial charge >= 0.3 is 5.97 Å². The minimum absolute atomic E-state index is 0.0828. The molecular weight excluding hydrogens is 224 g/mol. The van der Waals surface area contributed by atoms with Gasteiger partial charge in [0.2, 0.25) is 0 Å². The Morgan fingerprint density at radius 3 is 2.44 bits per heavy atom. The Morgan fingerprint density at radius 1 is 1.11 bits per heavy atom. The predicted octanol–water partition coefficient (Wildman–Crippen LogP) is 4.88. The van der Waals surface area contributed by atoms with Gasteiger partial charge in [-0.25, -0.2) is 0 Å². The summed E-state index contributed by atoms with van der Waals surface area (Å²) in [4.78, 5) is 11.4. The summed E-state index contributed by atoms with van der Waals surface area (Å²) in [5, 5.41) is 0. The summed E-state index contributed by atoms with van der Waals surface area (Å²) in [7, 11) is 0. The lowest BCUT2D eigenvalue weighted by atomic mass is 9.91. The molecule has 0 bridgehead atoms. The number of hydrogen-bond donors (Lipinski definition) is 0. The molecule has 0 saturated carbocycles. The highest BCUT2D eigenvalue weighted by molar-refractivity contribution is 5.69. The molecule has 0 aliphatic carbocycles. The molecule has 0 aliphatic rings. The van der Waals surface area contributed by atoms with Crippen LogP contribution in [0.25, 0.3) is 0 Å². The van der Waals surface area contributed by atoms with Crippen LogP contribution in [0.2, 0.25) is 0 Å². The molecule has 0 aromatic rings. The van der Waals surface area contributed by atoms with Crippen molar-refractivity contribution in [2.75, 3.05) is 6.61 Å². The van der Waals surface area contributed by atoms with E-state index in [0.717, 1.165) is 12.8 Å². The molecule has 0 saturated heterocycles. The quantitative estimate of drug-likeness (QED) is 0.333. The number of allylic oxidation sites excluding steroid dienone is 1. The van der Waals surface area contributed by atoms with E-state index >= 15 is 0 Å². The summed E-state index contributed by atoms with van der Waals surface area (Å²) in [6.45, 7) is 9.05. The molecular formula is C16H30O2. The molecule has 0 aromatic heterocycles. The van der Waals surface area contributed by atoms with Crippen molar-refractivity contribution in [2.45, 2.75) is 72.6 Å².